The number of aliphatic hydroxyl groups is 1. The van der Waals surface area contributed by atoms with Gasteiger partial charge in [-0.3, -0.25) is 4.90 Å². The normalized spacial score (nSPS) is 21.8. The van der Waals surface area contributed by atoms with Crippen molar-refractivity contribution in [2.45, 2.75) is 44.5 Å². The Kier molecular flexibility index (Phi) is 3.72. The predicted octanol–water partition coefficient (Wildman–Crippen LogP) is 0.656. The highest BCUT2D eigenvalue weighted by Gasteiger charge is 2.40. The van der Waals surface area contributed by atoms with Crippen molar-refractivity contribution < 1.29 is 13.5 Å². The summed E-state index contributed by atoms with van der Waals surface area (Å²) in [6.07, 6.45) is 0.732. The molecule has 0 aromatic rings. The molecule has 5 heteroatoms. The van der Waals surface area contributed by atoms with Crippen LogP contribution >= 0.6 is 0 Å². The highest BCUT2D eigenvalue weighted by molar-refractivity contribution is 7.92. The van der Waals surface area contributed by atoms with Crippen molar-refractivity contribution in [1.29, 1.82) is 0 Å². The molecule has 0 bridgehead atoms. The molecule has 1 saturated heterocycles. The number of hydrogen-bond donors (Lipinski definition) is 1. The van der Waals surface area contributed by atoms with Gasteiger partial charge in [0.05, 0.1) is 16.1 Å². The van der Waals surface area contributed by atoms with Crippen molar-refractivity contribution in [2.24, 2.45) is 0 Å². The van der Waals surface area contributed by atoms with Crippen LogP contribution in [-0.4, -0.2) is 54.2 Å². The Labute approximate surface area is 98.6 Å². The molecule has 1 aliphatic heterocycles. The largest absolute Gasteiger partial charge is 0.387 e. The highest BCUT2D eigenvalue weighted by atomic mass is 32.2. The first-order chi connectivity index (χ1) is 7.10. The molecule has 1 aliphatic rings. The summed E-state index contributed by atoms with van der Waals surface area (Å²) in [4.78, 5) is 1.99. The zero-order valence-corrected chi connectivity index (χ0v) is 11.5. The maximum Gasteiger partial charge on any atom is 0.156 e. The first-order valence-corrected chi connectivity index (χ1v) is 7.42. The summed E-state index contributed by atoms with van der Waals surface area (Å²) in [6.45, 7) is 8.85. The Balaban J connectivity index is 2.39. The van der Waals surface area contributed by atoms with Gasteiger partial charge in [-0.15, -0.1) is 0 Å². The average molecular weight is 249 g/mol. The minimum atomic E-state index is -3.04. The molecule has 0 amide bonds. The maximum atomic E-state index is 11.8. The summed E-state index contributed by atoms with van der Waals surface area (Å²) in [7, 11) is -3.04. The second-order valence-electron chi connectivity index (χ2n) is 5.72. The van der Waals surface area contributed by atoms with Crippen molar-refractivity contribution in [3.05, 3.63) is 0 Å². The van der Waals surface area contributed by atoms with Gasteiger partial charge in [0, 0.05) is 19.6 Å². The molecule has 1 fully saturated rings. The van der Waals surface area contributed by atoms with E-state index in [0.29, 0.717) is 19.6 Å². The molecule has 0 radical (unpaired) electrons. The van der Waals surface area contributed by atoms with Crippen LogP contribution in [0.2, 0.25) is 0 Å². The summed E-state index contributed by atoms with van der Waals surface area (Å²) in [5.41, 5.74) is -0.578. The number of hydrogen-bond acceptors (Lipinski definition) is 4. The maximum absolute atomic E-state index is 11.8. The zero-order chi connectivity index (χ0) is 12.6. The van der Waals surface area contributed by atoms with Crippen LogP contribution in [-0.2, 0) is 9.84 Å². The van der Waals surface area contributed by atoms with Crippen LogP contribution in [0.5, 0.6) is 0 Å². The van der Waals surface area contributed by atoms with E-state index >= 15 is 0 Å². The van der Waals surface area contributed by atoms with Crippen LogP contribution in [0.15, 0.2) is 0 Å². The lowest BCUT2D eigenvalue weighted by atomic mass is 9.92. The van der Waals surface area contributed by atoms with Crippen LogP contribution in [0.4, 0.5) is 0 Å². The lowest BCUT2D eigenvalue weighted by Crippen LogP contribution is -2.62. The lowest BCUT2D eigenvalue weighted by molar-refractivity contribution is -0.0967. The van der Waals surface area contributed by atoms with Crippen LogP contribution in [0.25, 0.3) is 0 Å². The van der Waals surface area contributed by atoms with Gasteiger partial charge in [0.1, 0.15) is 0 Å². The second kappa shape index (κ2) is 4.27. The molecule has 0 aromatic heterocycles. The van der Waals surface area contributed by atoms with Crippen molar-refractivity contribution in [3.8, 4) is 0 Å². The van der Waals surface area contributed by atoms with E-state index < -0.39 is 20.2 Å². The minimum Gasteiger partial charge on any atom is -0.387 e. The van der Waals surface area contributed by atoms with E-state index in [-0.39, 0.29) is 5.75 Å². The topological polar surface area (TPSA) is 57.6 Å². The molecule has 96 valence electrons. The van der Waals surface area contributed by atoms with Gasteiger partial charge in [-0.2, -0.15) is 0 Å². The average Bonchev–Trinajstić information content (AvgIpc) is 2.08. The number of nitrogens with zero attached hydrogens (tertiary/aromatic N) is 1. The van der Waals surface area contributed by atoms with Crippen LogP contribution in [0, 0.1) is 0 Å². The molecule has 1 rings (SSSR count). The highest BCUT2D eigenvalue weighted by Crippen LogP contribution is 2.24. The molecule has 0 unspecified atom stereocenters. The van der Waals surface area contributed by atoms with E-state index in [0.717, 1.165) is 6.42 Å². The Morgan fingerprint density at radius 3 is 2.19 bits per heavy atom. The third-order valence-corrected chi connectivity index (χ3v) is 5.89. The molecule has 1 N–H and O–H groups in total. The van der Waals surface area contributed by atoms with Crippen molar-refractivity contribution >= 4 is 9.84 Å². The van der Waals surface area contributed by atoms with Crippen molar-refractivity contribution in [1.82, 2.24) is 4.90 Å². The monoisotopic (exact) mass is 249 g/mol. The smallest absolute Gasteiger partial charge is 0.156 e. The van der Waals surface area contributed by atoms with Crippen LogP contribution < -0.4 is 0 Å². The van der Waals surface area contributed by atoms with Crippen molar-refractivity contribution in [3.63, 3.8) is 0 Å². The number of sulfone groups is 1. The number of rotatable bonds is 4. The molecule has 0 aromatic carbocycles. The Bertz CT molecular complexity index is 337. The zero-order valence-electron chi connectivity index (χ0n) is 10.7. The summed E-state index contributed by atoms with van der Waals surface area (Å²) in [5.74, 6) is 0.177. The van der Waals surface area contributed by atoms with E-state index in [9.17, 15) is 13.5 Å². The van der Waals surface area contributed by atoms with Gasteiger partial charge in [0.15, 0.2) is 9.84 Å². The van der Waals surface area contributed by atoms with Gasteiger partial charge in [0.25, 0.3) is 0 Å². The molecule has 16 heavy (non-hydrogen) atoms. The molecule has 0 aliphatic carbocycles. The SMILES string of the molecule is CCC1(O)CN(CCS(=O)(=O)C(C)(C)C)C1. The van der Waals surface area contributed by atoms with E-state index in [1.807, 2.05) is 11.8 Å². The molecular weight excluding hydrogens is 226 g/mol. The van der Waals surface area contributed by atoms with E-state index in [2.05, 4.69) is 0 Å². The summed E-state index contributed by atoms with van der Waals surface area (Å²) >= 11 is 0. The lowest BCUT2D eigenvalue weighted by Gasteiger charge is -2.46. The second-order valence-corrected chi connectivity index (χ2v) is 8.58. The van der Waals surface area contributed by atoms with Gasteiger partial charge in [-0.1, -0.05) is 6.92 Å². The molecule has 0 atom stereocenters. The number of β-amino-alcohol motifs (C(OH)–C–C–N with tert-alkyl or cyclic N) is 1. The predicted molar refractivity (Wildman–Crippen MR) is 65.2 cm³/mol. The third-order valence-electron chi connectivity index (χ3n) is 3.30. The van der Waals surface area contributed by atoms with Gasteiger partial charge < -0.3 is 5.11 Å². The first kappa shape index (κ1) is 13.9. The van der Waals surface area contributed by atoms with E-state index in [4.69, 9.17) is 0 Å². The first-order valence-electron chi connectivity index (χ1n) is 5.77. The fraction of sp³-hybridized carbons (Fsp3) is 1.00. The molecule has 0 saturated carbocycles. The summed E-state index contributed by atoms with van der Waals surface area (Å²) in [6, 6.07) is 0. The molecule has 4 nitrogen and oxygen atoms in total. The fourth-order valence-corrected chi connectivity index (χ4v) is 2.83. The standard InChI is InChI=1S/C11H23NO3S/c1-5-11(13)8-12(9-11)6-7-16(14,15)10(2,3)4/h13H,5-9H2,1-4H3. The Hall–Kier alpha value is -0.130. The van der Waals surface area contributed by atoms with E-state index in [1.165, 1.54) is 0 Å². The van der Waals surface area contributed by atoms with Gasteiger partial charge in [0.2, 0.25) is 0 Å². The quantitative estimate of drug-likeness (QED) is 0.795. The molecular formula is C11H23NO3S. The van der Waals surface area contributed by atoms with Gasteiger partial charge >= 0.3 is 0 Å². The molecule has 0 spiro atoms. The number of likely N-dealkylation sites (tertiary alicyclic amines) is 1. The van der Waals surface area contributed by atoms with E-state index in [1.54, 1.807) is 20.8 Å². The summed E-state index contributed by atoms with van der Waals surface area (Å²) < 4.78 is 23.0. The minimum absolute atomic E-state index is 0.177. The van der Waals surface area contributed by atoms with Crippen LogP contribution in [0.3, 0.4) is 0 Å². The Morgan fingerprint density at radius 1 is 1.31 bits per heavy atom. The Morgan fingerprint density at radius 2 is 1.81 bits per heavy atom. The van der Waals surface area contributed by atoms with Crippen molar-refractivity contribution in [2.75, 3.05) is 25.4 Å². The third kappa shape index (κ3) is 2.96. The van der Waals surface area contributed by atoms with Crippen LogP contribution in [0.1, 0.15) is 34.1 Å². The fourth-order valence-electron chi connectivity index (χ4n) is 1.72. The van der Waals surface area contributed by atoms with Gasteiger partial charge in [-0.05, 0) is 27.2 Å². The summed E-state index contributed by atoms with van der Waals surface area (Å²) in [5, 5.41) is 9.79. The van der Waals surface area contributed by atoms with Gasteiger partial charge in [-0.25, -0.2) is 8.42 Å². The molecule has 1 heterocycles.